The number of piperazine rings is 1. The predicted molar refractivity (Wildman–Crippen MR) is 84.6 cm³/mol. The zero-order valence-electron chi connectivity index (χ0n) is 13.4. The lowest BCUT2D eigenvalue weighted by molar-refractivity contribution is 0.0748. The molecule has 3 nitrogen and oxygen atoms in total. The summed E-state index contributed by atoms with van der Waals surface area (Å²) in [5.41, 5.74) is 1.68. The molecule has 1 aromatic heterocycles. The minimum absolute atomic E-state index is 0.313. The second-order valence-corrected chi connectivity index (χ2v) is 7.05. The van der Waals surface area contributed by atoms with Crippen LogP contribution >= 0.6 is 0 Å². The van der Waals surface area contributed by atoms with E-state index in [1.807, 2.05) is 12.4 Å². The van der Waals surface area contributed by atoms with Gasteiger partial charge in [-0.05, 0) is 29.5 Å². The summed E-state index contributed by atoms with van der Waals surface area (Å²) in [7, 11) is 0. The van der Waals surface area contributed by atoms with Crippen molar-refractivity contribution in [2.45, 2.75) is 59.2 Å². The number of rotatable bonds is 4. The molecule has 1 fully saturated rings. The largest absolute Gasteiger partial charge is 0.311 e. The van der Waals surface area contributed by atoms with Gasteiger partial charge >= 0.3 is 0 Å². The van der Waals surface area contributed by atoms with Gasteiger partial charge in [0.25, 0.3) is 0 Å². The van der Waals surface area contributed by atoms with Crippen molar-refractivity contribution >= 4 is 0 Å². The van der Waals surface area contributed by atoms with Gasteiger partial charge in [0.1, 0.15) is 0 Å². The number of hydrogen-bond acceptors (Lipinski definition) is 3. The van der Waals surface area contributed by atoms with Gasteiger partial charge in [0.05, 0.1) is 0 Å². The van der Waals surface area contributed by atoms with Crippen LogP contribution in [0.3, 0.4) is 0 Å². The molecule has 2 atom stereocenters. The molecule has 0 saturated carbocycles. The van der Waals surface area contributed by atoms with Crippen LogP contribution in [0, 0.1) is 5.41 Å². The average Bonchev–Trinajstić information content (AvgIpc) is 2.41. The van der Waals surface area contributed by atoms with Gasteiger partial charge in [-0.25, -0.2) is 0 Å². The molecule has 2 unspecified atom stereocenters. The molecule has 3 heteroatoms. The maximum atomic E-state index is 4.12. The Balaban J connectivity index is 2.07. The molecule has 2 rings (SSSR count). The first-order valence-electron chi connectivity index (χ1n) is 7.87. The van der Waals surface area contributed by atoms with E-state index in [1.165, 1.54) is 18.4 Å². The van der Waals surface area contributed by atoms with Gasteiger partial charge < -0.3 is 5.32 Å². The van der Waals surface area contributed by atoms with Crippen LogP contribution < -0.4 is 5.32 Å². The van der Waals surface area contributed by atoms with Crippen LogP contribution in [0.1, 0.15) is 46.1 Å². The highest BCUT2D eigenvalue weighted by molar-refractivity contribution is 5.10. The van der Waals surface area contributed by atoms with E-state index in [-0.39, 0.29) is 0 Å². The fraction of sp³-hybridized carbons (Fsp3) is 0.706. The lowest BCUT2D eigenvalue weighted by Gasteiger charge is -2.45. The van der Waals surface area contributed by atoms with E-state index in [0.717, 1.165) is 19.6 Å². The third-order valence-corrected chi connectivity index (χ3v) is 4.34. The molecule has 0 aliphatic carbocycles. The second-order valence-electron chi connectivity index (χ2n) is 7.05. The third kappa shape index (κ3) is 4.03. The first-order chi connectivity index (χ1) is 9.50. The number of pyridine rings is 1. The van der Waals surface area contributed by atoms with Crippen molar-refractivity contribution in [2.24, 2.45) is 5.41 Å². The summed E-state index contributed by atoms with van der Waals surface area (Å²) in [4.78, 5) is 6.78. The van der Waals surface area contributed by atoms with Crippen molar-refractivity contribution < 1.29 is 0 Å². The molecule has 1 saturated heterocycles. The van der Waals surface area contributed by atoms with Gasteiger partial charge in [-0.3, -0.25) is 9.88 Å². The third-order valence-electron chi connectivity index (χ3n) is 4.34. The Kier molecular flexibility index (Phi) is 5.17. The van der Waals surface area contributed by atoms with Gasteiger partial charge in [-0.15, -0.1) is 0 Å². The van der Waals surface area contributed by atoms with Crippen LogP contribution in [0.25, 0.3) is 0 Å². The van der Waals surface area contributed by atoms with Crippen LogP contribution in [-0.2, 0) is 6.54 Å². The highest BCUT2D eigenvalue weighted by Gasteiger charge is 2.33. The molecular formula is C17H29N3. The van der Waals surface area contributed by atoms with Crippen molar-refractivity contribution in [1.29, 1.82) is 0 Å². The van der Waals surface area contributed by atoms with Gasteiger partial charge in [0.15, 0.2) is 0 Å². The van der Waals surface area contributed by atoms with E-state index < -0.39 is 0 Å². The Hall–Kier alpha value is -0.930. The van der Waals surface area contributed by atoms with E-state index in [2.05, 4.69) is 55.0 Å². The maximum absolute atomic E-state index is 4.12. The zero-order valence-corrected chi connectivity index (χ0v) is 13.4. The Bertz CT molecular complexity index is 396. The average molecular weight is 275 g/mol. The molecule has 1 aliphatic heterocycles. The van der Waals surface area contributed by atoms with Gasteiger partial charge in [0.2, 0.25) is 0 Å². The summed E-state index contributed by atoms with van der Waals surface area (Å²) in [5, 5.41) is 3.76. The van der Waals surface area contributed by atoms with Crippen molar-refractivity contribution in [3.05, 3.63) is 30.1 Å². The van der Waals surface area contributed by atoms with Crippen molar-refractivity contribution in [1.82, 2.24) is 15.2 Å². The van der Waals surface area contributed by atoms with Gasteiger partial charge in [0, 0.05) is 44.1 Å². The molecule has 112 valence electrons. The molecule has 1 N–H and O–H groups in total. The highest BCUT2D eigenvalue weighted by Crippen LogP contribution is 2.25. The Labute approximate surface area is 123 Å². The Morgan fingerprint density at radius 1 is 1.30 bits per heavy atom. The summed E-state index contributed by atoms with van der Waals surface area (Å²) in [6.07, 6.45) is 6.31. The summed E-state index contributed by atoms with van der Waals surface area (Å²) in [6, 6.07) is 5.50. The van der Waals surface area contributed by atoms with E-state index in [4.69, 9.17) is 0 Å². The first-order valence-corrected chi connectivity index (χ1v) is 7.87. The fourth-order valence-corrected chi connectivity index (χ4v) is 2.97. The quantitative estimate of drug-likeness (QED) is 0.915. The van der Waals surface area contributed by atoms with E-state index >= 15 is 0 Å². The van der Waals surface area contributed by atoms with Crippen LogP contribution in [0.15, 0.2) is 24.5 Å². The number of nitrogens with one attached hydrogen (secondary N) is 1. The molecule has 1 aromatic rings. The van der Waals surface area contributed by atoms with Crippen LogP contribution in [0.2, 0.25) is 0 Å². The van der Waals surface area contributed by atoms with E-state index in [1.54, 1.807) is 0 Å². The summed E-state index contributed by atoms with van der Waals surface area (Å²) < 4.78 is 0. The van der Waals surface area contributed by atoms with Crippen LogP contribution in [0.4, 0.5) is 0 Å². The monoisotopic (exact) mass is 275 g/mol. The second kappa shape index (κ2) is 6.68. The van der Waals surface area contributed by atoms with Crippen LogP contribution in [-0.4, -0.2) is 35.1 Å². The topological polar surface area (TPSA) is 28.2 Å². The summed E-state index contributed by atoms with van der Waals surface area (Å²) >= 11 is 0. The standard InChI is InChI=1S/C17H29N3/c1-5-6-15-11-19-16(17(2,3)4)13-20(15)12-14-7-9-18-10-8-14/h7-10,15-16,19H,5-6,11-13H2,1-4H3. The van der Waals surface area contributed by atoms with Crippen molar-refractivity contribution in [3.8, 4) is 0 Å². The van der Waals surface area contributed by atoms with Gasteiger partial charge in [-0.2, -0.15) is 0 Å². The molecule has 1 aliphatic rings. The number of aromatic nitrogens is 1. The smallest absolute Gasteiger partial charge is 0.0271 e. The first kappa shape index (κ1) is 15.5. The van der Waals surface area contributed by atoms with Crippen molar-refractivity contribution in [3.63, 3.8) is 0 Å². The summed E-state index contributed by atoms with van der Waals surface area (Å²) in [6.45, 7) is 12.6. The zero-order chi connectivity index (χ0) is 14.6. The molecule has 0 radical (unpaired) electrons. The van der Waals surface area contributed by atoms with Crippen LogP contribution in [0.5, 0.6) is 0 Å². The molecule has 20 heavy (non-hydrogen) atoms. The van der Waals surface area contributed by atoms with Gasteiger partial charge in [-0.1, -0.05) is 34.1 Å². The molecule has 0 aromatic carbocycles. The fourth-order valence-electron chi connectivity index (χ4n) is 2.97. The predicted octanol–water partition coefficient (Wildman–Crippen LogP) is 3.07. The molecular weight excluding hydrogens is 246 g/mol. The Morgan fingerprint density at radius 3 is 2.60 bits per heavy atom. The lowest BCUT2D eigenvalue weighted by Crippen LogP contribution is -2.59. The molecule has 0 amide bonds. The highest BCUT2D eigenvalue weighted by atomic mass is 15.2. The minimum Gasteiger partial charge on any atom is -0.311 e. The van der Waals surface area contributed by atoms with E-state index in [9.17, 15) is 0 Å². The minimum atomic E-state index is 0.313. The van der Waals surface area contributed by atoms with Crippen molar-refractivity contribution in [2.75, 3.05) is 13.1 Å². The summed E-state index contributed by atoms with van der Waals surface area (Å²) in [5.74, 6) is 0. The maximum Gasteiger partial charge on any atom is 0.0271 e. The lowest BCUT2D eigenvalue weighted by atomic mass is 9.84. The molecule has 0 spiro atoms. The van der Waals surface area contributed by atoms with E-state index in [0.29, 0.717) is 17.5 Å². The molecule has 0 bridgehead atoms. The number of hydrogen-bond donors (Lipinski definition) is 1. The molecule has 2 heterocycles. The Morgan fingerprint density at radius 2 is 2.00 bits per heavy atom. The SMILES string of the molecule is CCCC1CNC(C(C)(C)C)CN1Cc1ccncc1. The number of nitrogens with zero attached hydrogens (tertiary/aromatic N) is 2. The normalized spacial score (nSPS) is 24.8.